The molecule has 2 heteroatoms. The molecule has 1 aliphatic carbocycles. The molecule has 0 unspecified atom stereocenters. The molecule has 2 nitrogen and oxygen atoms in total. The van der Waals surface area contributed by atoms with Crippen molar-refractivity contribution < 1.29 is 4.74 Å². The van der Waals surface area contributed by atoms with E-state index in [2.05, 4.69) is 44.2 Å². The van der Waals surface area contributed by atoms with Gasteiger partial charge in [0.2, 0.25) is 0 Å². The second-order valence-electron chi connectivity index (χ2n) is 7.63. The van der Waals surface area contributed by atoms with Crippen molar-refractivity contribution in [2.75, 3.05) is 6.61 Å². The van der Waals surface area contributed by atoms with E-state index >= 15 is 0 Å². The molecular weight excluding hydrogens is 318 g/mol. The van der Waals surface area contributed by atoms with E-state index in [-0.39, 0.29) is 0 Å². The summed E-state index contributed by atoms with van der Waals surface area (Å²) in [6.45, 7) is 5.09. The predicted molar refractivity (Wildman–Crippen MR) is 111 cm³/mol. The van der Waals surface area contributed by atoms with Gasteiger partial charge in [0.15, 0.2) is 0 Å². The van der Waals surface area contributed by atoms with Gasteiger partial charge in [0, 0.05) is 16.6 Å². The predicted octanol–water partition coefficient (Wildman–Crippen LogP) is 6.79. The number of hydrogen-bond donors (Lipinski definition) is 0. The fourth-order valence-corrected chi connectivity index (χ4v) is 4.01. The van der Waals surface area contributed by atoms with Crippen molar-refractivity contribution in [2.24, 2.45) is 5.92 Å². The van der Waals surface area contributed by atoms with Crippen LogP contribution in [-0.4, -0.2) is 11.6 Å². The van der Waals surface area contributed by atoms with Gasteiger partial charge in [0.05, 0.1) is 12.1 Å². The van der Waals surface area contributed by atoms with Gasteiger partial charge in [-0.3, -0.25) is 4.98 Å². The lowest BCUT2D eigenvalue weighted by Gasteiger charge is -2.15. The van der Waals surface area contributed by atoms with Crippen molar-refractivity contribution in [3.05, 3.63) is 47.7 Å². The molecule has 0 amide bonds. The van der Waals surface area contributed by atoms with Gasteiger partial charge in [-0.25, -0.2) is 0 Å². The molecule has 0 aliphatic heterocycles. The molecule has 0 radical (unpaired) electrons. The number of aromatic nitrogens is 1. The van der Waals surface area contributed by atoms with Crippen LogP contribution in [0.2, 0.25) is 0 Å². The molecule has 0 atom stereocenters. The molecule has 140 valence electrons. The highest BCUT2D eigenvalue weighted by Crippen LogP contribution is 2.32. The van der Waals surface area contributed by atoms with Crippen LogP contribution in [-0.2, 0) is 6.42 Å². The van der Waals surface area contributed by atoms with Crippen molar-refractivity contribution in [3.63, 3.8) is 0 Å². The van der Waals surface area contributed by atoms with Crippen molar-refractivity contribution in [1.29, 1.82) is 0 Å². The molecule has 1 heterocycles. The van der Waals surface area contributed by atoms with Crippen LogP contribution in [0, 0.1) is 12.8 Å². The Bertz CT molecular complexity index is 728. The fraction of sp³-hybridized carbons (Fsp3) is 0.542. The van der Waals surface area contributed by atoms with Gasteiger partial charge >= 0.3 is 0 Å². The Hall–Kier alpha value is -1.83. The third-order valence-corrected chi connectivity index (χ3v) is 5.60. The number of fused-ring (bicyclic) bond motifs is 1. The van der Waals surface area contributed by atoms with E-state index in [0.29, 0.717) is 0 Å². The second kappa shape index (κ2) is 9.75. The van der Waals surface area contributed by atoms with E-state index in [0.717, 1.165) is 54.1 Å². The van der Waals surface area contributed by atoms with Gasteiger partial charge in [0.25, 0.3) is 0 Å². The number of pyridine rings is 1. The number of allylic oxidation sites excluding steroid dienone is 2. The Balaban J connectivity index is 1.72. The Morgan fingerprint density at radius 3 is 2.77 bits per heavy atom. The number of benzene rings is 1. The maximum absolute atomic E-state index is 6.24. The van der Waals surface area contributed by atoms with Crippen molar-refractivity contribution in [3.8, 4) is 5.75 Å². The van der Waals surface area contributed by atoms with Crippen LogP contribution in [0.3, 0.4) is 0 Å². The van der Waals surface area contributed by atoms with E-state index in [4.69, 9.17) is 9.72 Å². The minimum atomic E-state index is 0.780. The zero-order chi connectivity index (χ0) is 18.2. The van der Waals surface area contributed by atoms with Crippen LogP contribution >= 0.6 is 0 Å². The number of unbranched alkanes of at least 4 members (excludes halogenated alkanes) is 1. The quantitative estimate of drug-likeness (QED) is 0.366. The first-order chi connectivity index (χ1) is 12.8. The third kappa shape index (κ3) is 4.87. The highest BCUT2D eigenvalue weighted by atomic mass is 16.5. The van der Waals surface area contributed by atoms with Gasteiger partial charge in [0.1, 0.15) is 5.75 Å². The molecule has 0 saturated heterocycles. The fourth-order valence-electron chi connectivity index (χ4n) is 4.01. The summed E-state index contributed by atoms with van der Waals surface area (Å²) in [5, 5.41) is 1.14. The average molecular weight is 352 g/mol. The van der Waals surface area contributed by atoms with Crippen LogP contribution in [0.1, 0.15) is 69.5 Å². The third-order valence-electron chi connectivity index (χ3n) is 5.60. The van der Waals surface area contributed by atoms with E-state index < -0.39 is 0 Å². The first-order valence-corrected chi connectivity index (χ1v) is 10.5. The van der Waals surface area contributed by atoms with Crippen molar-refractivity contribution in [2.45, 2.75) is 71.6 Å². The highest BCUT2D eigenvalue weighted by molar-refractivity contribution is 5.86. The van der Waals surface area contributed by atoms with Gasteiger partial charge in [-0.1, -0.05) is 63.3 Å². The monoisotopic (exact) mass is 351 g/mol. The number of rotatable bonds is 9. The van der Waals surface area contributed by atoms with E-state index in [1.165, 1.54) is 44.1 Å². The standard InChI is InChI=1S/C24H33NO/c1-3-4-18-26-24-21(15-7-5-6-12-20-13-8-9-14-20)19(2)25-23-17-11-10-16-22(23)24/h5,7,10-11,16-17,20H,3-4,6,8-9,12-15,18H2,1-2H3/b7-5+. The molecule has 1 aromatic heterocycles. The zero-order valence-corrected chi connectivity index (χ0v) is 16.5. The maximum atomic E-state index is 6.24. The lowest BCUT2D eigenvalue weighted by atomic mass is 10.0. The first kappa shape index (κ1) is 18.9. The summed E-state index contributed by atoms with van der Waals surface area (Å²) in [4.78, 5) is 4.81. The molecule has 1 saturated carbocycles. The van der Waals surface area contributed by atoms with Crippen molar-refractivity contribution >= 4 is 10.9 Å². The Morgan fingerprint density at radius 1 is 1.15 bits per heavy atom. The van der Waals surface area contributed by atoms with Crippen LogP contribution < -0.4 is 4.74 Å². The topological polar surface area (TPSA) is 22.1 Å². The summed E-state index contributed by atoms with van der Waals surface area (Å²) in [5.41, 5.74) is 3.37. The maximum Gasteiger partial charge on any atom is 0.133 e. The molecule has 2 aromatic rings. The lowest BCUT2D eigenvalue weighted by molar-refractivity contribution is 0.310. The Morgan fingerprint density at radius 2 is 1.96 bits per heavy atom. The minimum absolute atomic E-state index is 0.780. The van der Waals surface area contributed by atoms with Crippen LogP contribution in [0.4, 0.5) is 0 Å². The zero-order valence-electron chi connectivity index (χ0n) is 16.5. The van der Waals surface area contributed by atoms with Crippen LogP contribution in [0.15, 0.2) is 36.4 Å². The van der Waals surface area contributed by atoms with Gasteiger partial charge in [-0.2, -0.15) is 0 Å². The average Bonchev–Trinajstić information content (AvgIpc) is 3.16. The Labute approximate surface area is 158 Å². The molecule has 3 rings (SSSR count). The van der Waals surface area contributed by atoms with E-state index in [9.17, 15) is 0 Å². The normalized spacial score (nSPS) is 15.3. The smallest absolute Gasteiger partial charge is 0.133 e. The number of nitrogens with zero attached hydrogens (tertiary/aromatic N) is 1. The molecule has 1 aromatic carbocycles. The molecule has 0 bridgehead atoms. The lowest BCUT2D eigenvalue weighted by Crippen LogP contribution is -2.04. The van der Waals surface area contributed by atoms with Gasteiger partial charge in [-0.15, -0.1) is 0 Å². The van der Waals surface area contributed by atoms with Crippen LogP contribution in [0.25, 0.3) is 10.9 Å². The molecule has 1 fully saturated rings. The number of aryl methyl sites for hydroxylation is 1. The summed E-state index contributed by atoms with van der Waals surface area (Å²) in [6, 6.07) is 8.34. The van der Waals surface area contributed by atoms with Crippen molar-refractivity contribution in [1.82, 2.24) is 4.98 Å². The highest BCUT2D eigenvalue weighted by Gasteiger charge is 2.14. The summed E-state index contributed by atoms with van der Waals surface area (Å²) < 4.78 is 6.24. The Kier molecular flexibility index (Phi) is 7.11. The molecular formula is C24H33NO. The second-order valence-corrected chi connectivity index (χ2v) is 7.63. The molecule has 0 spiro atoms. The van der Waals surface area contributed by atoms with E-state index in [1.807, 2.05) is 6.07 Å². The molecule has 26 heavy (non-hydrogen) atoms. The minimum Gasteiger partial charge on any atom is -0.493 e. The van der Waals surface area contributed by atoms with Crippen LogP contribution in [0.5, 0.6) is 5.75 Å². The van der Waals surface area contributed by atoms with Gasteiger partial charge < -0.3 is 4.74 Å². The number of para-hydroxylation sites is 1. The summed E-state index contributed by atoms with van der Waals surface area (Å²) >= 11 is 0. The number of ether oxygens (including phenoxy) is 1. The summed E-state index contributed by atoms with van der Waals surface area (Å²) in [6.07, 6.45) is 16.2. The summed E-state index contributed by atoms with van der Waals surface area (Å²) in [5.74, 6) is 2.01. The SMILES string of the molecule is CCCCOc1c(C/C=C/CCC2CCCC2)c(C)nc2ccccc12. The number of hydrogen-bond acceptors (Lipinski definition) is 2. The first-order valence-electron chi connectivity index (χ1n) is 10.5. The largest absolute Gasteiger partial charge is 0.493 e. The van der Waals surface area contributed by atoms with Gasteiger partial charge in [-0.05, 0) is 50.7 Å². The van der Waals surface area contributed by atoms with E-state index in [1.54, 1.807) is 0 Å². The molecule has 0 N–H and O–H groups in total. The molecule has 1 aliphatic rings. The summed E-state index contributed by atoms with van der Waals surface area (Å²) in [7, 11) is 0.